The number of aromatic nitrogens is 1. The van der Waals surface area contributed by atoms with Crippen LogP contribution in [-0.4, -0.2) is 31.6 Å². The third kappa shape index (κ3) is 5.37. The van der Waals surface area contributed by atoms with Crippen LogP contribution >= 0.6 is 0 Å². The molecule has 2 aromatic rings. The van der Waals surface area contributed by atoms with Crippen LogP contribution in [0, 0.1) is 5.41 Å². The minimum atomic E-state index is -3.95. The topological polar surface area (TPSA) is 91.7 Å². The molecular weight excluding hydrogens is 364 g/mol. The van der Waals surface area contributed by atoms with Gasteiger partial charge in [0.1, 0.15) is 12.4 Å². The molecule has 0 bridgehead atoms. The molecule has 1 amide bonds. The third-order valence-electron chi connectivity index (χ3n) is 3.96. The Morgan fingerprint density at radius 2 is 1.74 bits per heavy atom. The number of nitrogens with zero attached hydrogens (tertiary/aromatic N) is 3. The van der Waals surface area contributed by atoms with E-state index in [4.69, 9.17) is 0 Å². The van der Waals surface area contributed by atoms with Gasteiger partial charge in [0.15, 0.2) is 0 Å². The van der Waals surface area contributed by atoms with Crippen LogP contribution in [0.5, 0.6) is 0 Å². The Hall–Kier alpha value is -2.74. The molecule has 1 aromatic heterocycles. The summed E-state index contributed by atoms with van der Waals surface area (Å²) in [6, 6.07) is 12.8. The summed E-state index contributed by atoms with van der Waals surface area (Å²) in [7, 11) is -3.95. The Labute approximate surface area is 160 Å². The predicted molar refractivity (Wildman–Crippen MR) is 106 cm³/mol. The lowest BCUT2D eigenvalue weighted by atomic mass is 9.91. The summed E-state index contributed by atoms with van der Waals surface area (Å²) in [5, 5.41) is 4.07. The fourth-order valence-corrected chi connectivity index (χ4v) is 3.39. The number of rotatable bonds is 6. The van der Waals surface area contributed by atoms with Crippen LogP contribution in [0.1, 0.15) is 27.7 Å². The minimum absolute atomic E-state index is 0.0813. The number of amides is 1. The van der Waals surface area contributed by atoms with Gasteiger partial charge in [0, 0.05) is 17.3 Å². The van der Waals surface area contributed by atoms with Crippen LogP contribution in [-0.2, 0) is 14.8 Å². The Morgan fingerprint density at radius 3 is 2.30 bits per heavy atom. The second kappa shape index (κ2) is 8.30. The maximum absolute atomic E-state index is 13.0. The van der Waals surface area contributed by atoms with Gasteiger partial charge in [-0.1, -0.05) is 45.0 Å². The minimum Gasteiger partial charge on any atom is -0.271 e. The van der Waals surface area contributed by atoms with Gasteiger partial charge in [-0.3, -0.25) is 4.79 Å². The van der Waals surface area contributed by atoms with Crippen molar-refractivity contribution >= 4 is 27.5 Å². The van der Waals surface area contributed by atoms with Gasteiger partial charge >= 0.3 is 0 Å². The zero-order chi connectivity index (χ0) is 20.1. The predicted octanol–water partition coefficient (Wildman–Crippen LogP) is 2.82. The molecule has 2 rings (SSSR count). The lowest BCUT2D eigenvalue weighted by molar-refractivity contribution is -0.119. The monoisotopic (exact) mass is 388 g/mol. The van der Waals surface area contributed by atoms with Gasteiger partial charge in [0.05, 0.1) is 4.90 Å². The molecule has 0 radical (unpaired) electrons. The van der Waals surface area contributed by atoms with E-state index in [9.17, 15) is 13.2 Å². The van der Waals surface area contributed by atoms with Gasteiger partial charge in [0.25, 0.3) is 15.9 Å². The average Bonchev–Trinajstić information content (AvgIpc) is 2.64. The number of hydrogen-bond acceptors (Lipinski definition) is 5. The van der Waals surface area contributed by atoms with E-state index in [-0.39, 0.29) is 16.1 Å². The SMILES string of the molecule is C/C(=N/NC(=O)CN(c1ccccn1)S(=O)(=O)c1ccccc1)C(C)(C)C. The number of nitrogens with one attached hydrogen (secondary N) is 1. The fraction of sp³-hybridized carbons (Fsp3) is 0.316. The fourth-order valence-electron chi connectivity index (χ4n) is 1.99. The lowest BCUT2D eigenvalue weighted by Crippen LogP contribution is -2.40. The first kappa shape index (κ1) is 20.6. The first-order valence-electron chi connectivity index (χ1n) is 8.45. The molecule has 1 aromatic carbocycles. The molecule has 1 heterocycles. The van der Waals surface area contributed by atoms with Crippen molar-refractivity contribution in [2.75, 3.05) is 10.8 Å². The standard InChI is InChI=1S/C19H24N4O3S/c1-15(19(2,3)4)21-22-18(24)14-23(17-12-8-9-13-20-17)27(25,26)16-10-6-5-7-11-16/h5-13H,14H2,1-4H3,(H,22,24)/b21-15-. The van der Waals surface area contributed by atoms with Gasteiger partial charge < -0.3 is 0 Å². The van der Waals surface area contributed by atoms with Gasteiger partial charge in [-0.15, -0.1) is 0 Å². The van der Waals surface area contributed by atoms with E-state index in [1.807, 2.05) is 20.8 Å². The summed E-state index contributed by atoms with van der Waals surface area (Å²) >= 11 is 0. The lowest BCUT2D eigenvalue weighted by Gasteiger charge is -2.23. The number of carbonyl (C=O) groups excluding carboxylic acids is 1. The van der Waals surface area contributed by atoms with Crippen LogP contribution in [0.4, 0.5) is 5.82 Å². The zero-order valence-corrected chi connectivity index (χ0v) is 16.7. The molecule has 0 aliphatic carbocycles. The molecule has 0 aliphatic rings. The van der Waals surface area contributed by atoms with E-state index in [1.54, 1.807) is 37.3 Å². The summed E-state index contributed by atoms with van der Waals surface area (Å²) in [4.78, 5) is 16.6. The molecule has 0 unspecified atom stereocenters. The molecule has 0 aliphatic heterocycles. The van der Waals surface area contributed by atoms with Crippen LogP contribution in [0.2, 0.25) is 0 Å². The van der Waals surface area contributed by atoms with Gasteiger partial charge in [-0.05, 0) is 31.2 Å². The van der Waals surface area contributed by atoms with Crippen molar-refractivity contribution < 1.29 is 13.2 Å². The van der Waals surface area contributed by atoms with Crippen molar-refractivity contribution in [3.63, 3.8) is 0 Å². The van der Waals surface area contributed by atoms with Gasteiger partial charge in [0.2, 0.25) is 0 Å². The van der Waals surface area contributed by atoms with Crippen LogP contribution in [0.15, 0.2) is 64.7 Å². The van der Waals surface area contributed by atoms with E-state index < -0.39 is 22.5 Å². The highest BCUT2D eigenvalue weighted by Crippen LogP contribution is 2.21. The maximum atomic E-state index is 13.0. The first-order chi connectivity index (χ1) is 12.6. The smallest absolute Gasteiger partial charge is 0.265 e. The molecule has 7 nitrogen and oxygen atoms in total. The number of carbonyl (C=O) groups is 1. The van der Waals surface area contributed by atoms with Crippen LogP contribution in [0.3, 0.4) is 0 Å². The molecule has 1 N–H and O–H groups in total. The number of anilines is 1. The quantitative estimate of drug-likeness (QED) is 0.608. The molecule has 27 heavy (non-hydrogen) atoms. The molecule has 0 fully saturated rings. The molecule has 0 spiro atoms. The summed E-state index contributed by atoms with van der Waals surface area (Å²) < 4.78 is 27.0. The van der Waals surface area contributed by atoms with Gasteiger partial charge in [-0.2, -0.15) is 5.10 Å². The van der Waals surface area contributed by atoms with E-state index in [0.29, 0.717) is 0 Å². The molecule has 144 valence electrons. The van der Waals surface area contributed by atoms with Crippen LogP contribution < -0.4 is 9.73 Å². The summed E-state index contributed by atoms with van der Waals surface area (Å²) in [6.07, 6.45) is 1.47. The summed E-state index contributed by atoms with van der Waals surface area (Å²) in [6.45, 7) is 7.28. The third-order valence-corrected chi connectivity index (χ3v) is 5.72. The van der Waals surface area contributed by atoms with E-state index in [0.717, 1.165) is 10.0 Å². The number of sulfonamides is 1. The Kier molecular flexibility index (Phi) is 6.32. The van der Waals surface area contributed by atoms with E-state index in [1.165, 1.54) is 24.4 Å². The van der Waals surface area contributed by atoms with E-state index >= 15 is 0 Å². The number of benzene rings is 1. The second-order valence-electron chi connectivity index (χ2n) is 6.99. The highest BCUT2D eigenvalue weighted by Gasteiger charge is 2.28. The van der Waals surface area contributed by atoms with Crippen molar-refractivity contribution in [1.82, 2.24) is 10.4 Å². The van der Waals surface area contributed by atoms with Gasteiger partial charge in [-0.25, -0.2) is 23.1 Å². The number of hydrogen-bond donors (Lipinski definition) is 1. The zero-order valence-electron chi connectivity index (χ0n) is 15.9. The Balaban J connectivity index is 2.31. The Bertz CT molecular complexity index is 905. The van der Waals surface area contributed by atoms with Crippen molar-refractivity contribution in [3.05, 3.63) is 54.7 Å². The molecule has 8 heteroatoms. The second-order valence-corrected chi connectivity index (χ2v) is 8.86. The van der Waals surface area contributed by atoms with Crippen molar-refractivity contribution in [2.24, 2.45) is 10.5 Å². The van der Waals surface area contributed by atoms with Crippen molar-refractivity contribution in [3.8, 4) is 0 Å². The number of pyridine rings is 1. The number of hydrazone groups is 1. The largest absolute Gasteiger partial charge is 0.271 e. The first-order valence-corrected chi connectivity index (χ1v) is 9.89. The summed E-state index contributed by atoms with van der Waals surface area (Å²) in [5.74, 6) is -0.392. The highest BCUT2D eigenvalue weighted by molar-refractivity contribution is 7.92. The van der Waals surface area contributed by atoms with E-state index in [2.05, 4.69) is 15.5 Å². The molecule has 0 saturated carbocycles. The normalized spacial score (nSPS) is 12.5. The van der Waals surface area contributed by atoms with Crippen LogP contribution in [0.25, 0.3) is 0 Å². The summed E-state index contributed by atoms with van der Waals surface area (Å²) in [5.41, 5.74) is 2.95. The highest BCUT2D eigenvalue weighted by atomic mass is 32.2. The molecule has 0 atom stereocenters. The maximum Gasteiger partial charge on any atom is 0.265 e. The van der Waals surface area contributed by atoms with Crippen molar-refractivity contribution in [1.29, 1.82) is 0 Å². The van der Waals surface area contributed by atoms with Crippen molar-refractivity contribution in [2.45, 2.75) is 32.6 Å². The Morgan fingerprint density at radius 1 is 1.11 bits per heavy atom. The molecular formula is C19H24N4O3S. The average molecular weight is 388 g/mol. The molecule has 0 saturated heterocycles.